The molecule has 1 saturated carbocycles. The molecule has 0 spiro atoms. The molecule has 1 aromatic rings. The van der Waals surface area contributed by atoms with Gasteiger partial charge in [0.1, 0.15) is 0 Å². The predicted molar refractivity (Wildman–Crippen MR) is 109 cm³/mol. The van der Waals surface area contributed by atoms with Crippen LogP contribution in [0.1, 0.15) is 38.7 Å². The zero-order chi connectivity index (χ0) is 19.3. The predicted octanol–water partition coefficient (Wildman–Crippen LogP) is 3.57. The number of nitrogens with one attached hydrogen (secondary N) is 2. The summed E-state index contributed by atoms with van der Waals surface area (Å²) in [7, 11) is 1.79. The molecule has 0 radical (unpaired) electrons. The maximum absolute atomic E-state index is 12.3. The Morgan fingerprint density at radius 2 is 1.88 bits per heavy atom. The zero-order valence-electron chi connectivity index (χ0n) is 16.1. The molecule has 0 heterocycles. The molecule has 1 aromatic carbocycles. The van der Waals surface area contributed by atoms with Crippen LogP contribution >= 0.6 is 15.9 Å². The van der Waals surface area contributed by atoms with Gasteiger partial charge >= 0.3 is 0 Å². The van der Waals surface area contributed by atoms with E-state index >= 15 is 0 Å². The van der Waals surface area contributed by atoms with Gasteiger partial charge in [-0.05, 0) is 56.0 Å². The third kappa shape index (κ3) is 6.09. The fourth-order valence-corrected chi connectivity index (χ4v) is 4.02. The van der Waals surface area contributed by atoms with Gasteiger partial charge < -0.3 is 10.6 Å². The van der Waals surface area contributed by atoms with Crippen LogP contribution in [-0.2, 0) is 9.59 Å². The number of rotatable bonds is 6. The van der Waals surface area contributed by atoms with Gasteiger partial charge in [-0.2, -0.15) is 0 Å². The smallest absolute Gasteiger partial charge is 0.238 e. The highest BCUT2D eigenvalue weighted by atomic mass is 79.9. The van der Waals surface area contributed by atoms with E-state index in [2.05, 4.69) is 40.4 Å². The summed E-state index contributed by atoms with van der Waals surface area (Å²) in [5, 5.41) is 6.05. The Balaban J connectivity index is 1.79. The first kappa shape index (κ1) is 20.9. The molecule has 0 bridgehead atoms. The lowest BCUT2D eigenvalue weighted by Crippen LogP contribution is -2.47. The Bertz CT molecular complexity index is 650. The van der Waals surface area contributed by atoms with Crippen LogP contribution < -0.4 is 10.6 Å². The molecular weight excluding hydrogens is 394 g/mol. The number of halogens is 1. The molecule has 2 rings (SSSR count). The molecule has 0 aromatic heterocycles. The SMILES string of the molecule is Cc1cc(Br)ccc1NC(=O)CN(C)CC(=O)N[C@H]1CCC[C@H](C)[C@@H]1C. The number of carbonyl (C=O) groups excluding carboxylic acids is 2. The van der Waals surface area contributed by atoms with Crippen LogP contribution in [-0.4, -0.2) is 42.9 Å². The summed E-state index contributed by atoms with van der Waals surface area (Å²) >= 11 is 3.41. The van der Waals surface area contributed by atoms with E-state index in [0.29, 0.717) is 11.8 Å². The van der Waals surface area contributed by atoms with Crippen LogP contribution in [0.25, 0.3) is 0 Å². The maximum Gasteiger partial charge on any atom is 0.238 e. The highest BCUT2D eigenvalue weighted by Gasteiger charge is 2.28. The van der Waals surface area contributed by atoms with Gasteiger partial charge in [-0.15, -0.1) is 0 Å². The lowest BCUT2D eigenvalue weighted by atomic mass is 9.78. The Hall–Kier alpha value is -1.40. The highest BCUT2D eigenvalue weighted by molar-refractivity contribution is 9.10. The largest absolute Gasteiger partial charge is 0.352 e. The number of amides is 2. The molecule has 144 valence electrons. The number of benzene rings is 1. The quantitative estimate of drug-likeness (QED) is 0.734. The minimum atomic E-state index is -0.120. The van der Waals surface area contributed by atoms with Crippen molar-refractivity contribution in [2.24, 2.45) is 11.8 Å². The molecule has 0 aliphatic heterocycles. The Kier molecular flexibility index (Phi) is 7.65. The molecule has 0 saturated heterocycles. The van der Waals surface area contributed by atoms with Gasteiger partial charge in [0.2, 0.25) is 11.8 Å². The van der Waals surface area contributed by atoms with Crippen molar-refractivity contribution in [3.8, 4) is 0 Å². The van der Waals surface area contributed by atoms with Crippen LogP contribution in [0, 0.1) is 18.8 Å². The van der Waals surface area contributed by atoms with Gasteiger partial charge in [0.15, 0.2) is 0 Å². The average molecular weight is 424 g/mol. The molecule has 1 aliphatic carbocycles. The highest BCUT2D eigenvalue weighted by Crippen LogP contribution is 2.29. The lowest BCUT2D eigenvalue weighted by molar-refractivity contribution is -0.124. The fraction of sp³-hybridized carbons (Fsp3) is 0.600. The van der Waals surface area contributed by atoms with Gasteiger partial charge in [0, 0.05) is 16.2 Å². The number of anilines is 1. The molecule has 2 amide bonds. The van der Waals surface area contributed by atoms with Crippen LogP contribution in [0.3, 0.4) is 0 Å². The van der Waals surface area contributed by atoms with E-state index in [4.69, 9.17) is 0 Å². The molecule has 1 fully saturated rings. The molecule has 2 N–H and O–H groups in total. The van der Waals surface area contributed by atoms with Crippen molar-refractivity contribution in [2.75, 3.05) is 25.5 Å². The summed E-state index contributed by atoms with van der Waals surface area (Å²) in [5.74, 6) is 1.02. The van der Waals surface area contributed by atoms with E-state index in [1.54, 1.807) is 11.9 Å². The summed E-state index contributed by atoms with van der Waals surface area (Å²) in [6.07, 6.45) is 3.45. The van der Waals surface area contributed by atoms with E-state index in [1.807, 2.05) is 25.1 Å². The Morgan fingerprint density at radius 1 is 1.19 bits per heavy atom. The standard InChI is InChI=1S/C20H30BrN3O2/c1-13-6-5-7-18(15(13)3)23-20(26)12-24(4)11-19(25)22-17-9-8-16(21)10-14(17)2/h8-10,13,15,18H,5-7,11-12H2,1-4H3,(H,22,25)(H,23,26)/t13-,15-,18-/m0/s1. The third-order valence-corrected chi connectivity index (χ3v) is 5.84. The van der Waals surface area contributed by atoms with E-state index in [9.17, 15) is 9.59 Å². The summed E-state index contributed by atoms with van der Waals surface area (Å²) in [6, 6.07) is 5.97. The van der Waals surface area contributed by atoms with Crippen molar-refractivity contribution in [1.29, 1.82) is 0 Å². The van der Waals surface area contributed by atoms with Crippen LogP contribution in [0.5, 0.6) is 0 Å². The summed E-state index contributed by atoms with van der Waals surface area (Å²) in [5.41, 5.74) is 1.79. The molecular formula is C20H30BrN3O2. The molecule has 5 nitrogen and oxygen atoms in total. The van der Waals surface area contributed by atoms with Crippen molar-refractivity contribution >= 4 is 33.4 Å². The van der Waals surface area contributed by atoms with E-state index in [0.717, 1.165) is 22.1 Å². The molecule has 26 heavy (non-hydrogen) atoms. The monoisotopic (exact) mass is 423 g/mol. The second-order valence-electron chi connectivity index (χ2n) is 7.62. The minimum Gasteiger partial charge on any atom is -0.352 e. The number of hydrogen-bond donors (Lipinski definition) is 2. The fourth-order valence-electron chi connectivity index (χ4n) is 3.54. The summed E-state index contributed by atoms with van der Waals surface area (Å²) in [4.78, 5) is 26.3. The van der Waals surface area contributed by atoms with E-state index < -0.39 is 0 Å². The molecule has 6 heteroatoms. The third-order valence-electron chi connectivity index (χ3n) is 5.34. The van der Waals surface area contributed by atoms with Crippen molar-refractivity contribution in [3.63, 3.8) is 0 Å². The summed E-state index contributed by atoms with van der Waals surface area (Å²) in [6.45, 7) is 6.82. The number of hydrogen-bond acceptors (Lipinski definition) is 3. The Morgan fingerprint density at radius 3 is 2.58 bits per heavy atom. The number of aryl methyl sites for hydroxylation is 1. The van der Waals surface area contributed by atoms with Gasteiger partial charge in [-0.1, -0.05) is 42.6 Å². The van der Waals surface area contributed by atoms with E-state index in [1.165, 1.54) is 12.8 Å². The van der Waals surface area contributed by atoms with Crippen molar-refractivity contribution in [1.82, 2.24) is 10.2 Å². The topological polar surface area (TPSA) is 61.4 Å². The first-order valence-electron chi connectivity index (χ1n) is 9.30. The first-order chi connectivity index (χ1) is 12.3. The Labute approximate surface area is 165 Å². The second-order valence-corrected chi connectivity index (χ2v) is 8.54. The zero-order valence-corrected chi connectivity index (χ0v) is 17.7. The van der Waals surface area contributed by atoms with Crippen LogP contribution in [0.4, 0.5) is 5.69 Å². The second kappa shape index (κ2) is 9.51. The normalized spacial score (nSPS) is 22.9. The lowest BCUT2D eigenvalue weighted by Gasteiger charge is -2.34. The molecule has 3 atom stereocenters. The first-order valence-corrected chi connectivity index (χ1v) is 10.1. The minimum absolute atomic E-state index is 0.00827. The van der Waals surface area contributed by atoms with Crippen LogP contribution in [0.2, 0.25) is 0 Å². The number of nitrogens with zero attached hydrogens (tertiary/aromatic N) is 1. The van der Waals surface area contributed by atoms with E-state index in [-0.39, 0.29) is 30.9 Å². The van der Waals surface area contributed by atoms with Crippen molar-refractivity contribution in [3.05, 3.63) is 28.2 Å². The summed E-state index contributed by atoms with van der Waals surface area (Å²) < 4.78 is 0.980. The molecule has 0 unspecified atom stereocenters. The van der Waals surface area contributed by atoms with Crippen LogP contribution in [0.15, 0.2) is 22.7 Å². The molecule has 1 aliphatic rings. The number of likely N-dealkylation sites (N-methyl/N-ethyl adjacent to an activating group) is 1. The number of carbonyl (C=O) groups is 2. The van der Waals surface area contributed by atoms with Gasteiger partial charge in [-0.25, -0.2) is 0 Å². The van der Waals surface area contributed by atoms with Gasteiger partial charge in [0.25, 0.3) is 0 Å². The van der Waals surface area contributed by atoms with Gasteiger partial charge in [0.05, 0.1) is 13.1 Å². The van der Waals surface area contributed by atoms with Crippen molar-refractivity contribution < 1.29 is 9.59 Å². The maximum atomic E-state index is 12.3. The van der Waals surface area contributed by atoms with Gasteiger partial charge in [-0.3, -0.25) is 14.5 Å². The van der Waals surface area contributed by atoms with Crippen molar-refractivity contribution in [2.45, 2.75) is 46.1 Å². The average Bonchev–Trinajstić information content (AvgIpc) is 2.54.